The zero-order valence-electron chi connectivity index (χ0n) is 12.5. The molecule has 1 amide bonds. The Bertz CT molecular complexity index is 854. The van der Waals surface area contributed by atoms with E-state index in [-0.39, 0.29) is 11.9 Å². The Balaban J connectivity index is 1.81. The van der Waals surface area contributed by atoms with Gasteiger partial charge in [-0.15, -0.1) is 0 Å². The van der Waals surface area contributed by atoms with Crippen molar-refractivity contribution in [2.24, 2.45) is 0 Å². The minimum Gasteiger partial charge on any atom is -0.497 e. The smallest absolute Gasteiger partial charge is 0.270 e. The molecule has 4 rings (SSSR count). The molecule has 1 aliphatic rings. The number of aromatic amines is 1. The van der Waals surface area contributed by atoms with E-state index in [0.717, 1.165) is 28.1 Å². The molecule has 1 atom stereocenters. The standard InChI is InChI=1S/C18H15N3O2/c1-23-13-9-7-12(8-10-13)15-14-16(11-5-3-2-4-6-11)20-21-17(14)18(22)19-15/h2-10,15H,1H3,(H,19,22)(H,20,21). The van der Waals surface area contributed by atoms with Crippen LogP contribution in [0.5, 0.6) is 5.75 Å². The first-order valence-corrected chi connectivity index (χ1v) is 7.36. The van der Waals surface area contributed by atoms with E-state index in [9.17, 15) is 4.79 Å². The molecule has 2 N–H and O–H groups in total. The SMILES string of the molecule is COc1ccc(C2NC(=O)c3[nH]nc(-c4ccccc4)c32)cc1. The number of methoxy groups -OCH3 is 1. The van der Waals surface area contributed by atoms with Gasteiger partial charge in [0.05, 0.1) is 18.8 Å². The van der Waals surface area contributed by atoms with Crippen LogP contribution in [0.25, 0.3) is 11.3 Å². The van der Waals surface area contributed by atoms with Gasteiger partial charge in [0.2, 0.25) is 0 Å². The normalized spacial score (nSPS) is 16.0. The van der Waals surface area contributed by atoms with Crippen LogP contribution in [-0.2, 0) is 0 Å². The second kappa shape index (κ2) is 5.28. The summed E-state index contributed by atoms with van der Waals surface area (Å²) < 4.78 is 5.19. The van der Waals surface area contributed by atoms with E-state index in [0.29, 0.717) is 5.69 Å². The van der Waals surface area contributed by atoms with Crippen LogP contribution in [0.15, 0.2) is 54.6 Å². The number of H-pyrrole nitrogens is 1. The number of ether oxygens (including phenoxy) is 1. The second-order valence-corrected chi connectivity index (χ2v) is 5.41. The van der Waals surface area contributed by atoms with Crippen molar-refractivity contribution in [3.05, 3.63) is 71.4 Å². The monoisotopic (exact) mass is 305 g/mol. The molecule has 2 heterocycles. The molecule has 1 aromatic heterocycles. The van der Waals surface area contributed by atoms with Crippen molar-refractivity contribution in [1.29, 1.82) is 0 Å². The maximum Gasteiger partial charge on any atom is 0.270 e. The predicted molar refractivity (Wildman–Crippen MR) is 86.3 cm³/mol. The lowest BCUT2D eigenvalue weighted by atomic mass is 9.97. The maximum atomic E-state index is 12.2. The van der Waals surface area contributed by atoms with Crippen LogP contribution in [0.1, 0.15) is 27.7 Å². The summed E-state index contributed by atoms with van der Waals surface area (Å²) in [5.74, 6) is 0.657. The topological polar surface area (TPSA) is 67.0 Å². The molecule has 2 aromatic carbocycles. The lowest BCUT2D eigenvalue weighted by Crippen LogP contribution is -2.21. The van der Waals surface area contributed by atoms with Gasteiger partial charge in [0.15, 0.2) is 0 Å². The minimum atomic E-state index is -0.211. The van der Waals surface area contributed by atoms with Crippen LogP contribution in [0.3, 0.4) is 0 Å². The molecule has 1 aliphatic heterocycles. The molecule has 0 saturated carbocycles. The Labute approximate surface area is 133 Å². The second-order valence-electron chi connectivity index (χ2n) is 5.41. The van der Waals surface area contributed by atoms with Crippen molar-refractivity contribution in [2.45, 2.75) is 6.04 Å². The third-order valence-corrected chi connectivity index (χ3v) is 4.09. The Morgan fingerprint density at radius 3 is 2.48 bits per heavy atom. The van der Waals surface area contributed by atoms with Gasteiger partial charge in [0, 0.05) is 11.1 Å². The summed E-state index contributed by atoms with van der Waals surface area (Å²) in [6.45, 7) is 0. The molecule has 23 heavy (non-hydrogen) atoms. The molecule has 1 unspecified atom stereocenters. The quantitative estimate of drug-likeness (QED) is 0.782. The molecule has 0 bridgehead atoms. The summed E-state index contributed by atoms with van der Waals surface area (Å²) in [6, 6.07) is 17.4. The number of nitrogens with zero attached hydrogens (tertiary/aromatic N) is 1. The first-order chi connectivity index (χ1) is 11.3. The minimum absolute atomic E-state index is 0.129. The molecule has 114 valence electrons. The first-order valence-electron chi connectivity index (χ1n) is 7.36. The first kappa shape index (κ1) is 13.6. The van der Waals surface area contributed by atoms with Crippen LogP contribution >= 0.6 is 0 Å². The van der Waals surface area contributed by atoms with Gasteiger partial charge in [-0.2, -0.15) is 5.10 Å². The van der Waals surface area contributed by atoms with E-state index >= 15 is 0 Å². The molecule has 5 heteroatoms. The van der Waals surface area contributed by atoms with Gasteiger partial charge in [-0.1, -0.05) is 42.5 Å². The highest BCUT2D eigenvalue weighted by molar-refractivity contribution is 6.00. The summed E-state index contributed by atoms with van der Waals surface area (Å²) in [4.78, 5) is 12.2. The Morgan fingerprint density at radius 1 is 1.04 bits per heavy atom. The van der Waals surface area contributed by atoms with Gasteiger partial charge in [0.25, 0.3) is 5.91 Å². The van der Waals surface area contributed by atoms with E-state index in [1.54, 1.807) is 7.11 Å². The fourth-order valence-corrected chi connectivity index (χ4v) is 2.94. The average Bonchev–Trinajstić information content (AvgIpc) is 3.17. The molecule has 0 saturated heterocycles. The molecule has 0 radical (unpaired) electrons. The lowest BCUT2D eigenvalue weighted by molar-refractivity contribution is 0.0955. The number of benzene rings is 2. The van der Waals surface area contributed by atoms with Gasteiger partial charge < -0.3 is 10.1 Å². The van der Waals surface area contributed by atoms with Crippen LogP contribution in [0, 0.1) is 0 Å². The largest absolute Gasteiger partial charge is 0.497 e. The summed E-state index contributed by atoms with van der Waals surface area (Å²) >= 11 is 0. The lowest BCUT2D eigenvalue weighted by Gasteiger charge is -2.13. The fourth-order valence-electron chi connectivity index (χ4n) is 2.94. The fraction of sp³-hybridized carbons (Fsp3) is 0.111. The van der Waals surface area contributed by atoms with Gasteiger partial charge in [-0.25, -0.2) is 0 Å². The zero-order chi connectivity index (χ0) is 15.8. The highest BCUT2D eigenvalue weighted by Gasteiger charge is 2.35. The number of carbonyl (C=O) groups excluding carboxylic acids is 1. The van der Waals surface area contributed by atoms with Crippen molar-refractivity contribution in [2.75, 3.05) is 7.11 Å². The molecular formula is C18H15N3O2. The molecule has 0 fully saturated rings. The van der Waals surface area contributed by atoms with E-state index in [2.05, 4.69) is 15.5 Å². The third-order valence-electron chi connectivity index (χ3n) is 4.09. The number of carbonyl (C=O) groups is 1. The number of hydrogen-bond donors (Lipinski definition) is 2. The van der Waals surface area contributed by atoms with Crippen molar-refractivity contribution < 1.29 is 9.53 Å². The van der Waals surface area contributed by atoms with Gasteiger partial charge in [-0.05, 0) is 17.7 Å². The van der Waals surface area contributed by atoms with Crippen LogP contribution < -0.4 is 10.1 Å². The summed E-state index contributed by atoms with van der Waals surface area (Å²) in [6.07, 6.45) is 0. The van der Waals surface area contributed by atoms with Gasteiger partial charge in [-0.3, -0.25) is 9.89 Å². The summed E-state index contributed by atoms with van der Waals surface area (Å²) in [7, 11) is 1.63. The van der Waals surface area contributed by atoms with Crippen LogP contribution in [-0.4, -0.2) is 23.2 Å². The van der Waals surface area contributed by atoms with Crippen molar-refractivity contribution in [3.8, 4) is 17.0 Å². The van der Waals surface area contributed by atoms with Crippen LogP contribution in [0.2, 0.25) is 0 Å². The van der Waals surface area contributed by atoms with Crippen LogP contribution in [0.4, 0.5) is 0 Å². The third kappa shape index (κ3) is 2.17. The molecular weight excluding hydrogens is 290 g/mol. The Kier molecular flexibility index (Phi) is 3.12. The van der Waals surface area contributed by atoms with Crippen molar-refractivity contribution >= 4 is 5.91 Å². The molecule has 0 aliphatic carbocycles. The van der Waals surface area contributed by atoms with Crippen molar-refractivity contribution in [3.63, 3.8) is 0 Å². The number of rotatable bonds is 3. The highest BCUT2D eigenvalue weighted by Crippen LogP contribution is 2.37. The van der Waals surface area contributed by atoms with Gasteiger partial charge in [0.1, 0.15) is 11.4 Å². The number of nitrogens with one attached hydrogen (secondary N) is 2. The van der Waals surface area contributed by atoms with E-state index in [1.807, 2.05) is 54.6 Å². The zero-order valence-corrected chi connectivity index (χ0v) is 12.5. The summed E-state index contributed by atoms with van der Waals surface area (Å²) in [5.41, 5.74) is 4.22. The predicted octanol–water partition coefficient (Wildman–Crippen LogP) is 2.92. The highest BCUT2D eigenvalue weighted by atomic mass is 16.5. The summed E-state index contributed by atoms with van der Waals surface area (Å²) in [5, 5.41) is 10.2. The Hall–Kier alpha value is -3.08. The van der Waals surface area contributed by atoms with E-state index in [4.69, 9.17) is 4.74 Å². The maximum absolute atomic E-state index is 12.2. The van der Waals surface area contributed by atoms with E-state index in [1.165, 1.54) is 0 Å². The van der Waals surface area contributed by atoms with Crippen molar-refractivity contribution in [1.82, 2.24) is 15.5 Å². The number of amides is 1. The Morgan fingerprint density at radius 2 is 1.78 bits per heavy atom. The number of aromatic nitrogens is 2. The van der Waals surface area contributed by atoms with E-state index < -0.39 is 0 Å². The molecule has 5 nitrogen and oxygen atoms in total. The molecule has 3 aromatic rings. The van der Waals surface area contributed by atoms with Gasteiger partial charge >= 0.3 is 0 Å². The number of fused-ring (bicyclic) bond motifs is 1. The number of hydrogen-bond acceptors (Lipinski definition) is 3. The molecule has 0 spiro atoms. The average molecular weight is 305 g/mol.